The Morgan fingerprint density at radius 3 is 1.08 bits per heavy atom. The van der Waals surface area contributed by atoms with Crippen molar-refractivity contribution in [2.45, 2.75) is 0 Å². The van der Waals surface area contributed by atoms with Crippen LogP contribution in [-0.4, -0.2) is 71.0 Å². The summed E-state index contributed by atoms with van der Waals surface area (Å²) in [6.45, 7) is 0. The van der Waals surface area contributed by atoms with E-state index in [4.69, 9.17) is 19.6 Å². The van der Waals surface area contributed by atoms with Gasteiger partial charge in [-0.3, -0.25) is 0 Å². The van der Waals surface area contributed by atoms with Crippen LogP contribution in [-0.2, 0) is 30.5 Å². The van der Waals surface area contributed by atoms with Crippen molar-refractivity contribution in [3.05, 3.63) is 0 Å². The molecule has 0 amide bonds. The predicted molar refractivity (Wildman–Crippen MR) is 47.7 cm³/mol. The van der Waals surface area contributed by atoms with Gasteiger partial charge in [-0.25, -0.2) is 9.13 Å². The molecule has 0 atom stereocenters. The average molecular weight is 410 g/mol. The summed E-state index contributed by atoms with van der Waals surface area (Å²) in [7, 11) is -10.1. The van der Waals surface area contributed by atoms with E-state index in [0.717, 1.165) is 0 Å². The number of phosphoric acid groups is 2. The molecule has 12 heteroatoms. The summed E-state index contributed by atoms with van der Waals surface area (Å²) in [5.41, 5.74) is 0. The Bertz CT molecular complexity index is 162. The molecule has 0 spiro atoms. The zero-order chi connectivity index (χ0) is 7.71. The summed E-state index contributed by atoms with van der Waals surface area (Å²) in [5.74, 6) is 0. The van der Waals surface area contributed by atoms with Gasteiger partial charge in [0.15, 0.2) is 0 Å². The molecule has 7 nitrogen and oxygen atoms in total. The van der Waals surface area contributed by atoms with Gasteiger partial charge in [0.05, 0.1) is 0 Å². The van der Waals surface area contributed by atoms with E-state index in [1.807, 2.05) is 0 Å². The van der Waals surface area contributed by atoms with Crippen LogP contribution < -0.4 is 0 Å². The summed E-state index contributed by atoms with van der Waals surface area (Å²) in [6, 6.07) is 0. The Balaban J connectivity index is -0.000000107. The van der Waals surface area contributed by atoms with Gasteiger partial charge < -0.3 is 19.6 Å². The molecule has 0 aliphatic heterocycles. The predicted octanol–water partition coefficient (Wildman–Crippen LogP) is -0.845. The van der Waals surface area contributed by atoms with Crippen molar-refractivity contribution in [3.63, 3.8) is 0 Å². The minimum absolute atomic E-state index is 0. The van der Waals surface area contributed by atoms with Crippen LogP contribution in [0.3, 0.4) is 0 Å². The molecule has 0 saturated carbocycles. The van der Waals surface area contributed by atoms with Crippen molar-refractivity contribution < 1.29 is 50.1 Å². The van der Waals surface area contributed by atoms with Gasteiger partial charge in [-0.05, 0) is 0 Å². The van der Waals surface area contributed by atoms with Gasteiger partial charge >= 0.3 is 67.0 Å². The molecule has 0 aliphatic rings. The SMILES string of the molecule is I.O=P(O)(O)OP(=O)(O)O.[Cu].[KH]. The number of halogens is 1. The molecule has 0 aromatic heterocycles. The quantitative estimate of drug-likeness (QED) is 0.266. The third-order valence-corrected chi connectivity index (χ3v) is 1.91. The molecule has 0 bridgehead atoms. The first-order valence-corrected chi connectivity index (χ1v) is 4.59. The Hall–Kier alpha value is 3.15. The first-order chi connectivity index (χ1) is 3.71. The van der Waals surface area contributed by atoms with Gasteiger partial charge in [-0.2, -0.15) is 4.31 Å². The second kappa shape index (κ2) is 9.38. The van der Waals surface area contributed by atoms with E-state index in [1.165, 1.54) is 0 Å². The van der Waals surface area contributed by atoms with Crippen LogP contribution in [0.1, 0.15) is 0 Å². The van der Waals surface area contributed by atoms with Gasteiger partial charge in [-0.1, -0.05) is 0 Å². The van der Waals surface area contributed by atoms with Gasteiger partial charge in [-0.15, -0.1) is 24.0 Å². The third-order valence-electron chi connectivity index (χ3n) is 0.213. The summed E-state index contributed by atoms with van der Waals surface area (Å²) in [5, 5.41) is 0. The van der Waals surface area contributed by atoms with Crippen molar-refractivity contribution in [1.29, 1.82) is 0 Å². The number of hydrogen-bond acceptors (Lipinski definition) is 3. The topological polar surface area (TPSA) is 124 Å². The monoisotopic (exact) mass is 409 g/mol. The van der Waals surface area contributed by atoms with E-state index in [0.29, 0.717) is 0 Å². The van der Waals surface area contributed by atoms with Gasteiger partial charge in [0.2, 0.25) is 0 Å². The first kappa shape index (κ1) is 24.4. The zero-order valence-electron chi connectivity index (χ0n) is 4.62. The fourth-order valence-electron chi connectivity index (χ4n) is 0.139. The van der Waals surface area contributed by atoms with E-state index in [2.05, 4.69) is 4.31 Å². The molecular formula is H6CuIKO7P2. The van der Waals surface area contributed by atoms with Crippen LogP contribution in [0.5, 0.6) is 0 Å². The molecule has 0 rings (SSSR count). The van der Waals surface area contributed by atoms with Crippen LogP contribution in [0.25, 0.3) is 0 Å². The second-order valence-corrected chi connectivity index (χ2v) is 3.68. The maximum atomic E-state index is 9.63. The molecule has 0 saturated heterocycles. The van der Waals surface area contributed by atoms with Crippen molar-refractivity contribution in [3.8, 4) is 0 Å². The van der Waals surface area contributed by atoms with Crippen molar-refractivity contribution in [1.82, 2.24) is 0 Å². The second-order valence-electron chi connectivity index (χ2n) is 1.06. The first-order valence-electron chi connectivity index (χ1n) is 1.53. The molecule has 0 fully saturated rings. The maximum absolute atomic E-state index is 9.63. The standard InChI is InChI=1S/Cu.HI.K.H4O7P2.H/c;;;1-8(2,3)7-9(4,5)6;/h;1H;;(H2,1,2,3)(H2,4,5,6);. The number of hydrogen-bond donors (Lipinski definition) is 4. The third kappa shape index (κ3) is 23.2. The Kier molecular flexibility index (Phi) is 19.1. The summed E-state index contributed by atoms with van der Waals surface area (Å²) in [4.78, 5) is 31.0. The van der Waals surface area contributed by atoms with E-state index < -0.39 is 15.6 Å². The van der Waals surface area contributed by atoms with Crippen LogP contribution in [0.2, 0.25) is 0 Å². The molecule has 1 radical (unpaired) electrons. The fourth-order valence-corrected chi connectivity index (χ4v) is 1.25. The molecule has 0 aromatic carbocycles. The molecule has 0 aliphatic carbocycles. The molecule has 12 heavy (non-hydrogen) atoms. The Labute approximate surface area is 138 Å². The van der Waals surface area contributed by atoms with E-state index in [9.17, 15) is 9.13 Å². The number of rotatable bonds is 2. The van der Waals surface area contributed by atoms with E-state index >= 15 is 0 Å². The zero-order valence-corrected chi connectivity index (χ0v) is 9.68. The van der Waals surface area contributed by atoms with Crippen LogP contribution in [0.15, 0.2) is 0 Å². The van der Waals surface area contributed by atoms with Gasteiger partial charge in [0.1, 0.15) is 0 Å². The average Bonchev–Trinajstić information content (AvgIpc) is 1.14. The normalized spacial score (nSPS) is 10.3. The molecular weight excluding hydrogens is 403 g/mol. The molecule has 0 unspecified atom stereocenters. The molecule has 0 heterocycles. The van der Waals surface area contributed by atoms with Crippen LogP contribution >= 0.6 is 39.6 Å². The fraction of sp³-hybridized carbons (Fsp3) is 0. The summed E-state index contributed by atoms with van der Waals surface area (Å²) < 4.78 is 22.2. The van der Waals surface area contributed by atoms with Gasteiger partial charge in [0.25, 0.3) is 0 Å². The van der Waals surface area contributed by atoms with Crippen molar-refractivity contribution >= 4 is 91.0 Å². The molecule has 77 valence electrons. The van der Waals surface area contributed by atoms with Crippen LogP contribution in [0.4, 0.5) is 0 Å². The van der Waals surface area contributed by atoms with Crippen LogP contribution in [0, 0.1) is 0 Å². The van der Waals surface area contributed by atoms with E-state index in [1.54, 1.807) is 0 Å². The van der Waals surface area contributed by atoms with Crippen molar-refractivity contribution in [2.75, 3.05) is 0 Å². The minimum atomic E-state index is -5.05. The Morgan fingerprint density at radius 2 is 1.08 bits per heavy atom. The molecule has 0 aromatic rings. The summed E-state index contributed by atoms with van der Waals surface area (Å²) >= 11 is 0. The molecule has 4 N–H and O–H groups in total. The Morgan fingerprint density at radius 1 is 0.917 bits per heavy atom. The van der Waals surface area contributed by atoms with Crippen molar-refractivity contribution in [2.24, 2.45) is 0 Å². The van der Waals surface area contributed by atoms with E-state index in [-0.39, 0.29) is 92.4 Å². The summed E-state index contributed by atoms with van der Waals surface area (Å²) in [6.07, 6.45) is 0. The van der Waals surface area contributed by atoms with Gasteiger partial charge in [0, 0.05) is 17.1 Å².